The van der Waals surface area contributed by atoms with E-state index < -0.39 is 0 Å². The van der Waals surface area contributed by atoms with Crippen molar-refractivity contribution in [2.24, 2.45) is 0 Å². The molecule has 0 bridgehead atoms. The Hall–Kier alpha value is -3.74. The van der Waals surface area contributed by atoms with Gasteiger partial charge in [0.1, 0.15) is 5.82 Å². The summed E-state index contributed by atoms with van der Waals surface area (Å²) in [6, 6.07) is 12.3. The number of nitrogens with two attached hydrogens (primary N) is 1. The first kappa shape index (κ1) is 16.4. The first-order valence-electron chi connectivity index (χ1n) is 8.99. The van der Waals surface area contributed by atoms with Crippen LogP contribution in [-0.2, 0) is 6.54 Å². The average molecular weight is 372 g/mol. The molecule has 2 N–H and O–H groups in total. The average Bonchev–Trinajstić information content (AvgIpc) is 3.35. The van der Waals surface area contributed by atoms with Crippen LogP contribution in [0.3, 0.4) is 0 Å². The zero-order valence-electron chi connectivity index (χ0n) is 15.2. The first-order chi connectivity index (χ1) is 13.7. The summed E-state index contributed by atoms with van der Waals surface area (Å²) in [5.41, 5.74) is 12.0. The number of fused-ring (bicyclic) bond motifs is 2. The Morgan fingerprint density at radius 3 is 2.61 bits per heavy atom. The highest BCUT2D eigenvalue weighted by Crippen LogP contribution is 2.34. The minimum atomic E-state index is -0.296. The van der Waals surface area contributed by atoms with Gasteiger partial charge in [0.15, 0.2) is 11.5 Å². The molecule has 2 aromatic carbocycles. The van der Waals surface area contributed by atoms with Crippen molar-refractivity contribution in [3.05, 3.63) is 67.0 Å². The van der Waals surface area contributed by atoms with E-state index in [0.29, 0.717) is 17.2 Å². The van der Waals surface area contributed by atoms with E-state index >= 15 is 0 Å². The van der Waals surface area contributed by atoms with E-state index in [1.807, 2.05) is 29.1 Å². The Balaban J connectivity index is 1.85. The number of aryl methyl sites for hydroxylation is 1. The Morgan fingerprint density at radius 2 is 1.82 bits per heavy atom. The summed E-state index contributed by atoms with van der Waals surface area (Å²) in [6.07, 6.45) is 5.39. The van der Waals surface area contributed by atoms with Crippen molar-refractivity contribution < 1.29 is 4.39 Å². The number of nitrogen functional groups attached to an aromatic ring is 1. The van der Waals surface area contributed by atoms with Gasteiger partial charge in [-0.15, -0.1) is 0 Å². The van der Waals surface area contributed by atoms with Crippen LogP contribution in [0.1, 0.15) is 6.92 Å². The first-order valence-corrected chi connectivity index (χ1v) is 8.99. The summed E-state index contributed by atoms with van der Waals surface area (Å²) in [6.45, 7) is 2.90. The molecule has 0 saturated heterocycles. The molecule has 3 heterocycles. The maximum atomic E-state index is 13.5. The van der Waals surface area contributed by atoms with Gasteiger partial charge in [0.25, 0.3) is 0 Å². The van der Waals surface area contributed by atoms with Gasteiger partial charge in [0, 0.05) is 30.1 Å². The second-order valence-corrected chi connectivity index (χ2v) is 6.56. The van der Waals surface area contributed by atoms with E-state index in [1.54, 1.807) is 18.3 Å². The Kier molecular flexibility index (Phi) is 3.61. The van der Waals surface area contributed by atoms with Gasteiger partial charge in [0.2, 0.25) is 0 Å². The summed E-state index contributed by atoms with van der Waals surface area (Å²) in [7, 11) is 0. The van der Waals surface area contributed by atoms with Gasteiger partial charge >= 0.3 is 0 Å². The minimum absolute atomic E-state index is 0.296. The third-order valence-electron chi connectivity index (χ3n) is 4.92. The molecule has 5 aromatic rings. The second-order valence-electron chi connectivity index (χ2n) is 6.56. The highest BCUT2D eigenvalue weighted by atomic mass is 19.1. The lowest BCUT2D eigenvalue weighted by molar-refractivity contribution is 0.628. The van der Waals surface area contributed by atoms with Crippen molar-refractivity contribution in [1.82, 2.24) is 23.9 Å². The summed E-state index contributed by atoms with van der Waals surface area (Å²) >= 11 is 0. The summed E-state index contributed by atoms with van der Waals surface area (Å²) in [4.78, 5) is 13.4. The molecule has 0 amide bonds. The van der Waals surface area contributed by atoms with Crippen LogP contribution >= 0.6 is 0 Å². The van der Waals surface area contributed by atoms with Crippen LogP contribution in [0.25, 0.3) is 39.2 Å². The van der Waals surface area contributed by atoms with E-state index in [1.165, 1.54) is 12.1 Å². The molecule has 0 unspecified atom stereocenters. The largest absolute Gasteiger partial charge is 0.381 e. The summed E-state index contributed by atoms with van der Waals surface area (Å²) in [5, 5.41) is 0. The van der Waals surface area contributed by atoms with Crippen molar-refractivity contribution in [2.75, 3.05) is 5.73 Å². The molecule has 0 aliphatic rings. The molecule has 7 heteroatoms. The van der Waals surface area contributed by atoms with Gasteiger partial charge in [-0.05, 0) is 43.3 Å². The fourth-order valence-electron chi connectivity index (χ4n) is 3.55. The molecule has 138 valence electrons. The Morgan fingerprint density at radius 1 is 1.04 bits per heavy atom. The van der Waals surface area contributed by atoms with E-state index in [2.05, 4.69) is 32.5 Å². The fraction of sp³-hybridized carbons (Fsp3) is 0.0952. The Labute approximate surface area is 160 Å². The lowest BCUT2D eigenvalue weighted by Gasteiger charge is -2.14. The summed E-state index contributed by atoms with van der Waals surface area (Å²) < 4.78 is 17.5. The number of benzene rings is 2. The van der Waals surface area contributed by atoms with Crippen LogP contribution < -0.4 is 5.73 Å². The van der Waals surface area contributed by atoms with Crippen LogP contribution in [0.2, 0.25) is 0 Å². The highest BCUT2D eigenvalue weighted by Gasteiger charge is 2.18. The molecule has 0 saturated carbocycles. The van der Waals surface area contributed by atoms with Gasteiger partial charge < -0.3 is 10.3 Å². The van der Waals surface area contributed by atoms with Crippen LogP contribution in [0, 0.1) is 5.82 Å². The molecule has 5 rings (SSSR count). The second kappa shape index (κ2) is 6.16. The lowest BCUT2D eigenvalue weighted by atomic mass is 10.0. The molecule has 0 radical (unpaired) electrons. The maximum Gasteiger partial charge on any atom is 0.180 e. The predicted molar refractivity (Wildman–Crippen MR) is 107 cm³/mol. The third kappa shape index (κ3) is 2.44. The normalized spacial score (nSPS) is 11.5. The molecular weight excluding hydrogens is 355 g/mol. The predicted octanol–water partition coefficient (Wildman–Crippen LogP) is 4.15. The number of rotatable bonds is 3. The number of nitrogens with zero attached hydrogens (tertiary/aromatic N) is 5. The molecule has 6 nitrogen and oxygen atoms in total. The number of anilines is 1. The smallest absolute Gasteiger partial charge is 0.180 e. The molecule has 0 aliphatic carbocycles. The molecule has 0 spiro atoms. The zero-order valence-corrected chi connectivity index (χ0v) is 15.2. The molecular formula is C21H17FN6. The van der Waals surface area contributed by atoms with Crippen LogP contribution in [0.15, 0.2) is 61.2 Å². The number of halogens is 1. The minimum Gasteiger partial charge on any atom is -0.381 e. The molecule has 0 fully saturated rings. The number of hydrogen-bond acceptors (Lipinski definition) is 4. The molecule has 28 heavy (non-hydrogen) atoms. The summed E-state index contributed by atoms with van der Waals surface area (Å²) in [5.74, 6) is 0.0306. The van der Waals surface area contributed by atoms with Gasteiger partial charge in [0.05, 0.1) is 28.7 Å². The Bertz CT molecular complexity index is 1320. The third-order valence-corrected chi connectivity index (χ3v) is 4.92. The van der Waals surface area contributed by atoms with Crippen LogP contribution in [0.4, 0.5) is 10.2 Å². The van der Waals surface area contributed by atoms with E-state index in [9.17, 15) is 4.39 Å². The topological polar surface area (TPSA) is 74.0 Å². The van der Waals surface area contributed by atoms with Gasteiger partial charge in [-0.3, -0.25) is 4.40 Å². The number of aromatic nitrogens is 5. The van der Waals surface area contributed by atoms with Gasteiger partial charge in [-0.2, -0.15) is 0 Å². The van der Waals surface area contributed by atoms with Crippen molar-refractivity contribution >= 4 is 22.5 Å². The number of hydrogen-bond donors (Lipinski definition) is 1. The SMILES string of the molecule is CCn1cnc2ccc(-c3c(-c4ccc(F)cc4)nc(N)c4nccn34)cc21. The zero-order chi connectivity index (χ0) is 19.3. The van der Waals surface area contributed by atoms with Crippen molar-refractivity contribution in [3.8, 4) is 22.5 Å². The van der Waals surface area contributed by atoms with Gasteiger partial charge in [-0.1, -0.05) is 6.07 Å². The van der Waals surface area contributed by atoms with Gasteiger partial charge in [-0.25, -0.2) is 19.3 Å². The molecule has 0 atom stereocenters. The van der Waals surface area contributed by atoms with Crippen LogP contribution in [-0.4, -0.2) is 23.9 Å². The standard InChI is InChI=1S/C21H17FN6/c1-2-27-12-25-16-8-5-14(11-17(16)27)19-18(13-3-6-15(22)7-4-13)26-20(23)21-24-9-10-28(19)21/h3-12H,2H2,1H3,(H2,23,26). The lowest BCUT2D eigenvalue weighted by Crippen LogP contribution is -2.04. The van der Waals surface area contributed by atoms with Crippen molar-refractivity contribution in [2.45, 2.75) is 13.5 Å². The van der Waals surface area contributed by atoms with Crippen LogP contribution in [0.5, 0.6) is 0 Å². The number of imidazole rings is 2. The van der Waals surface area contributed by atoms with Crippen molar-refractivity contribution in [1.29, 1.82) is 0 Å². The quantitative estimate of drug-likeness (QED) is 0.516. The highest BCUT2D eigenvalue weighted by molar-refractivity contribution is 5.88. The van der Waals surface area contributed by atoms with E-state index in [0.717, 1.165) is 34.4 Å². The van der Waals surface area contributed by atoms with E-state index in [-0.39, 0.29) is 5.82 Å². The van der Waals surface area contributed by atoms with Crippen molar-refractivity contribution in [3.63, 3.8) is 0 Å². The monoisotopic (exact) mass is 372 g/mol. The molecule has 0 aliphatic heterocycles. The molecule has 3 aromatic heterocycles. The fourth-order valence-corrected chi connectivity index (χ4v) is 3.55. The maximum absolute atomic E-state index is 13.5. The van der Waals surface area contributed by atoms with E-state index in [4.69, 9.17) is 5.73 Å².